The molecule has 2 aromatic heterocycles. The number of hydrogen-bond donors (Lipinski definition) is 3. The number of aryl methyl sites for hydroxylation is 1. The number of primary amides is 1. The van der Waals surface area contributed by atoms with Crippen LogP contribution in [-0.4, -0.2) is 50.7 Å². The highest BCUT2D eigenvalue weighted by Gasteiger charge is 2.18. The third kappa shape index (κ3) is 7.13. The number of anilines is 3. The first-order chi connectivity index (χ1) is 20.2. The molecule has 3 amide bonds. The van der Waals surface area contributed by atoms with Gasteiger partial charge in [0.05, 0.1) is 12.2 Å². The SMILES string of the molecule is Cc1c(NC(=O)c2ccc(C(C)(C)C)cn2)cccc1-c1cn(C)c(=O)c(Nc2ccc(C(=O)N(C)CC(N)=O)cc2)n1. The lowest BCUT2D eigenvalue weighted by atomic mass is 9.88. The third-order valence-electron chi connectivity index (χ3n) is 6.93. The Morgan fingerprint density at radius 3 is 2.33 bits per heavy atom. The highest BCUT2D eigenvalue weighted by molar-refractivity contribution is 6.03. The molecule has 0 spiro atoms. The summed E-state index contributed by atoms with van der Waals surface area (Å²) >= 11 is 0. The molecule has 2 heterocycles. The van der Waals surface area contributed by atoms with Crippen LogP contribution >= 0.6 is 0 Å². The Bertz CT molecular complexity index is 1740. The summed E-state index contributed by atoms with van der Waals surface area (Å²) in [5.74, 6) is -1.22. The maximum Gasteiger partial charge on any atom is 0.293 e. The van der Waals surface area contributed by atoms with Crippen molar-refractivity contribution in [1.29, 1.82) is 0 Å². The summed E-state index contributed by atoms with van der Waals surface area (Å²) < 4.78 is 1.42. The van der Waals surface area contributed by atoms with E-state index in [0.717, 1.165) is 16.7 Å². The molecule has 0 aliphatic carbocycles. The minimum Gasteiger partial charge on any atom is -0.368 e. The van der Waals surface area contributed by atoms with Gasteiger partial charge in [0, 0.05) is 49.0 Å². The number of hydrogen-bond acceptors (Lipinski definition) is 7. The molecule has 4 aromatic rings. The summed E-state index contributed by atoms with van der Waals surface area (Å²) in [4.78, 5) is 59.7. The van der Waals surface area contributed by atoms with Crippen LogP contribution in [0, 0.1) is 6.92 Å². The molecule has 2 aromatic carbocycles. The molecular formula is C32H35N7O4. The van der Waals surface area contributed by atoms with Crippen LogP contribution in [-0.2, 0) is 17.3 Å². The molecule has 0 saturated heterocycles. The molecule has 11 nitrogen and oxygen atoms in total. The number of aromatic nitrogens is 3. The van der Waals surface area contributed by atoms with Crippen molar-refractivity contribution in [3.63, 3.8) is 0 Å². The number of amides is 3. The average molecular weight is 582 g/mol. The molecule has 4 rings (SSSR count). The van der Waals surface area contributed by atoms with E-state index in [2.05, 4.69) is 41.4 Å². The van der Waals surface area contributed by atoms with E-state index >= 15 is 0 Å². The van der Waals surface area contributed by atoms with Gasteiger partial charge in [0.15, 0.2) is 5.82 Å². The lowest BCUT2D eigenvalue weighted by molar-refractivity contribution is -0.118. The maximum absolute atomic E-state index is 13.0. The van der Waals surface area contributed by atoms with Gasteiger partial charge < -0.3 is 25.8 Å². The summed E-state index contributed by atoms with van der Waals surface area (Å²) in [5.41, 5.74) is 9.59. The number of pyridine rings is 1. The molecule has 0 aliphatic rings. The molecule has 0 unspecified atom stereocenters. The van der Waals surface area contributed by atoms with Crippen LogP contribution in [0.15, 0.2) is 71.8 Å². The standard InChI is InChI=1S/C32H35N7O4/c1-19-23(8-7-9-24(19)37-29(41)25-15-12-21(16-34-25)32(2,3)4)26-17-38(5)31(43)28(36-26)35-22-13-10-20(11-14-22)30(42)39(6)18-27(33)40/h7-17H,18H2,1-6H3,(H2,33,40)(H,35,36)(H,37,41). The highest BCUT2D eigenvalue weighted by Crippen LogP contribution is 2.28. The van der Waals surface area contributed by atoms with E-state index in [4.69, 9.17) is 5.73 Å². The molecule has 222 valence electrons. The first-order valence-electron chi connectivity index (χ1n) is 13.6. The lowest BCUT2D eigenvalue weighted by Crippen LogP contribution is -2.35. The van der Waals surface area contributed by atoms with Gasteiger partial charge in [0.2, 0.25) is 5.91 Å². The number of nitrogens with one attached hydrogen (secondary N) is 2. The van der Waals surface area contributed by atoms with Crippen molar-refractivity contribution in [3.8, 4) is 11.3 Å². The molecule has 0 saturated carbocycles. The topological polar surface area (TPSA) is 152 Å². The maximum atomic E-state index is 13.0. The zero-order valence-electron chi connectivity index (χ0n) is 25.1. The summed E-state index contributed by atoms with van der Waals surface area (Å²) in [6.45, 7) is 7.92. The van der Waals surface area contributed by atoms with Gasteiger partial charge in [-0.15, -0.1) is 0 Å². The lowest BCUT2D eigenvalue weighted by Gasteiger charge is -2.18. The van der Waals surface area contributed by atoms with Crippen LogP contribution in [0.2, 0.25) is 0 Å². The Morgan fingerprint density at radius 2 is 1.72 bits per heavy atom. The van der Waals surface area contributed by atoms with Crippen LogP contribution in [0.5, 0.6) is 0 Å². The number of nitrogens with zero attached hydrogens (tertiary/aromatic N) is 4. The van der Waals surface area contributed by atoms with Crippen molar-refractivity contribution >= 4 is 34.9 Å². The molecule has 0 bridgehead atoms. The van der Waals surface area contributed by atoms with Crippen molar-refractivity contribution < 1.29 is 14.4 Å². The van der Waals surface area contributed by atoms with Gasteiger partial charge in [0.1, 0.15) is 5.69 Å². The molecular weight excluding hydrogens is 546 g/mol. The Morgan fingerprint density at radius 1 is 1.02 bits per heavy atom. The Balaban J connectivity index is 1.57. The van der Waals surface area contributed by atoms with Crippen LogP contribution in [0.25, 0.3) is 11.3 Å². The normalized spacial score (nSPS) is 11.1. The predicted octanol–water partition coefficient (Wildman–Crippen LogP) is 4.00. The van der Waals surface area contributed by atoms with Gasteiger partial charge in [-0.05, 0) is 59.9 Å². The fourth-order valence-corrected chi connectivity index (χ4v) is 4.38. The van der Waals surface area contributed by atoms with Crippen LogP contribution in [0.3, 0.4) is 0 Å². The molecule has 43 heavy (non-hydrogen) atoms. The summed E-state index contributed by atoms with van der Waals surface area (Å²) in [6, 6.07) is 15.5. The van der Waals surface area contributed by atoms with Gasteiger partial charge >= 0.3 is 0 Å². The Kier molecular flexibility index (Phi) is 8.74. The number of benzene rings is 2. The minimum atomic E-state index is -0.609. The smallest absolute Gasteiger partial charge is 0.293 e. The molecule has 0 fully saturated rings. The average Bonchev–Trinajstić information content (AvgIpc) is 2.95. The third-order valence-corrected chi connectivity index (χ3v) is 6.93. The molecule has 0 aliphatic heterocycles. The van der Waals surface area contributed by atoms with Crippen molar-refractivity contribution in [2.24, 2.45) is 12.8 Å². The fourth-order valence-electron chi connectivity index (χ4n) is 4.38. The second kappa shape index (κ2) is 12.3. The summed E-state index contributed by atoms with van der Waals surface area (Å²) in [5, 5.41) is 5.97. The van der Waals surface area contributed by atoms with Gasteiger partial charge in [-0.2, -0.15) is 0 Å². The van der Waals surface area contributed by atoms with E-state index in [1.165, 1.54) is 16.5 Å². The van der Waals surface area contributed by atoms with Crippen LogP contribution in [0.1, 0.15) is 52.7 Å². The predicted molar refractivity (Wildman–Crippen MR) is 166 cm³/mol. The number of rotatable bonds is 8. The second-order valence-corrected chi connectivity index (χ2v) is 11.3. The van der Waals surface area contributed by atoms with Crippen LogP contribution in [0.4, 0.5) is 17.2 Å². The number of carbonyl (C=O) groups is 3. The Labute approximate surface area is 249 Å². The number of carbonyl (C=O) groups excluding carboxylic acids is 3. The summed E-state index contributed by atoms with van der Waals surface area (Å²) in [6.07, 6.45) is 3.35. The van der Waals surface area contributed by atoms with E-state index in [-0.39, 0.29) is 35.2 Å². The second-order valence-electron chi connectivity index (χ2n) is 11.3. The van der Waals surface area contributed by atoms with E-state index in [1.54, 1.807) is 61.9 Å². The molecule has 0 radical (unpaired) electrons. The molecule has 0 atom stereocenters. The summed E-state index contributed by atoms with van der Waals surface area (Å²) in [7, 11) is 3.12. The van der Waals surface area contributed by atoms with E-state index in [1.807, 2.05) is 19.1 Å². The van der Waals surface area contributed by atoms with Gasteiger partial charge in [0.25, 0.3) is 17.4 Å². The largest absolute Gasteiger partial charge is 0.368 e. The van der Waals surface area contributed by atoms with Crippen molar-refractivity contribution in [2.75, 3.05) is 24.2 Å². The molecule has 4 N–H and O–H groups in total. The van der Waals surface area contributed by atoms with Gasteiger partial charge in [-0.3, -0.25) is 24.2 Å². The van der Waals surface area contributed by atoms with Gasteiger partial charge in [-0.25, -0.2) is 4.98 Å². The minimum absolute atomic E-state index is 0.0733. The van der Waals surface area contributed by atoms with Crippen molar-refractivity contribution in [3.05, 3.63) is 99.7 Å². The van der Waals surface area contributed by atoms with Crippen molar-refractivity contribution in [2.45, 2.75) is 33.1 Å². The quantitative estimate of drug-likeness (QED) is 0.284. The first kappa shape index (κ1) is 30.6. The van der Waals surface area contributed by atoms with Crippen LogP contribution < -0.4 is 21.9 Å². The zero-order valence-corrected chi connectivity index (χ0v) is 25.1. The van der Waals surface area contributed by atoms with E-state index < -0.39 is 5.91 Å². The monoisotopic (exact) mass is 581 g/mol. The number of nitrogens with two attached hydrogens (primary N) is 1. The van der Waals surface area contributed by atoms with Gasteiger partial charge in [-0.1, -0.05) is 39.0 Å². The highest BCUT2D eigenvalue weighted by atomic mass is 16.2. The van der Waals surface area contributed by atoms with E-state index in [9.17, 15) is 19.2 Å². The van der Waals surface area contributed by atoms with Crippen molar-refractivity contribution in [1.82, 2.24) is 19.4 Å². The molecule has 11 heteroatoms. The van der Waals surface area contributed by atoms with E-state index in [0.29, 0.717) is 28.3 Å². The first-order valence-corrected chi connectivity index (χ1v) is 13.6. The Hall–Kier alpha value is -5.32. The zero-order chi connectivity index (χ0) is 31.5. The number of likely N-dealkylation sites (N-methyl/N-ethyl adjacent to an activating group) is 1. The fraction of sp³-hybridized carbons (Fsp3) is 0.250.